The normalized spacial score (nSPS) is 15.3. The first-order valence-electron chi connectivity index (χ1n) is 15.8. The molecule has 6 rings (SSSR count). The first kappa shape index (κ1) is 31.4. The van der Waals surface area contributed by atoms with Gasteiger partial charge in [-0.05, 0) is 72.9 Å². The molecule has 240 valence electrons. The highest BCUT2D eigenvalue weighted by Gasteiger charge is 2.33. The minimum Gasteiger partial charge on any atom is -0.462 e. The van der Waals surface area contributed by atoms with Crippen LogP contribution in [0, 0.1) is 0 Å². The summed E-state index contributed by atoms with van der Waals surface area (Å²) in [5.74, 6) is -0.249. The smallest absolute Gasteiger partial charge is 0.340 e. The van der Waals surface area contributed by atoms with Crippen LogP contribution in [0.5, 0.6) is 5.75 Å². The predicted molar refractivity (Wildman–Crippen MR) is 176 cm³/mol. The average molecular weight is 633 g/mol. The number of hydrogen-bond donors (Lipinski definition) is 1. The van der Waals surface area contributed by atoms with Crippen molar-refractivity contribution in [2.24, 2.45) is 0 Å². The molecule has 3 aromatic carbocycles. The monoisotopic (exact) mass is 632 g/mol. The second kappa shape index (κ2) is 13.8. The number of benzene rings is 3. The number of ether oxygens (including phenoxy) is 2. The zero-order valence-electron chi connectivity index (χ0n) is 26.6. The number of unbranched alkanes of at least 4 members (excludes halogenated alkanes) is 1. The van der Waals surface area contributed by atoms with Gasteiger partial charge >= 0.3 is 11.9 Å². The van der Waals surface area contributed by atoms with Gasteiger partial charge in [0.1, 0.15) is 5.75 Å². The zero-order valence-corrected chi connectivity index (χ0v) is 26.6. The summed E-state index contributed by atoms with van der Waals surface area (Å²) < 4.78 is 14.2. The van der Waals surface area contributed by atoms with Crippen LogP contribution in [0.2, 0.25) is 0 Å². The summed E-state index contributed by atoms with van der Waals surface area (Å²) in [6.07, 6.45) is 6.65. The number of allylic oxidation sites excluding steroid dienone is 1. The minimum atomic E-state index is -0.943. The fourth-order valence-electron chi connectivity index (χ4n) is 5.99. The Morgan fingerprint density at radius 2 is 1.66 bits per heavy atom. The lowest BCUT2D eigenvalue weighted by atomic mass is 9.96. The molecule has 2 aromatic heterocycles. The molecule has 0 saturated heterocycles. The molecule has 3 heterocycles. The molecule has 0 radical (unpaired) electrons. The number of H-pyrrole nitrogens is 1. The molecule has 47 heavy (non-hydrogen) atoms. The van der Waals surface area contributed by atoms with E-state index in [1.807, 2.05) is 66.2 Å². The van der Waals surface area contributed by atoms with Crippen molar-refractivity contribution in [3.8, 4) is 28.3 Å². The molecule has 1 aliphatic heterocycles. The highest BCUT2D eigenvalue weighted by molar-refractivity contribution is 5.89. The highest BCUT2D eigenvalue weighted by Crippen LogP contribution is 2.31. The van der Waals surface area contributed by atoms with E-state index in [0.717, 1.165) is 40.8 Å². The number of nitrogens with one attached hydrogen (secondary N) is 1. The molecule has 0 saturated carbocycles. The van der Waals surface area contributed by atoms with E-state index >= 15 is 0 Å². The molecule has 11 nitrogen and oxygen atoms in total. The third kappa shape index (κ3) is 6.42. The number of hydrogen-bond acceptors (Lipinski definition) is 8. The van der Waals surface area contributed by atoms with Crippen molar-refractivity contribution in [2.75, 3.05) is 6.61 Å². The standard InChI is InChI=1S/C36H36N6O5/c1-4-6-11-31-30(22-24-13-15-25(16-14-24)28-9-7-8-10-29(28)33-37-39-40-38-33)34(43)42-32(21-12-23(3)41(31)42)36(45)47-27-19-17-26(18-20-27)35(44)46-5-2/h7-10,12-21,23,32H,4-6,11,22H2,1-3H3,(H,37,38,39,40). The van der Waals surface area contributed by atoms with Crippen molar-refractivity contribution in [2.45, 2.75) is 58.5 Å². The first-order valence-corrected chi connectivity index (χ1v) is 15.8. The number of nitrogens with zero attached hydrogens (tertiary/aromatic N) is 5. The Morgan fingerprint density at radius 3 is 2.34 bits per heavy atom. The molecule has 1 N–H and O–H groups in total. The molecule has 0 amide bonds. The summed E-state index contributed by atoms with van der Waals surface area (Å²) in [5.41, 5.74) is 5.55. The van der Waals surface area contributed by atoms with E-state index in [2.05, 4.69) is 27.5 Å². The number of carbonyl (C=O) groups excluding carboxylic acids is 2. The third-order valence-electron chi connectivity index (χ3n) is 8.30. The Morgan fingerprint density at radius 1 is 0.915 bits per heavy atom. The van der Waals surface area contributed by atoms with Gasteiger partial charge in [-0.2, -0.15) is 5.21 Å². The molecule has 0 spiro atoms. The van der Waals surface area contributed by atoms with Crippen LogP contribution >= 0.6 is 0 Å². The van der Waals surface area contributed by atoms with Gasteiger partial charge < -0.3 is 9.47 Å². The maximum Gasteiger partial charge on any atom is 0.340 e. The summed E-state index contributed by atoms with van der Waals surface area (Å²) >= 11 is 0. The van der Waals surface area contributed by atoms with Crippen molar-refractivity contribution in [1.82, 2.24) is 30.0 Å². The number of tetrazole rings is 1. The molecule has 2 unspecified atom stereocenters. The fourth-order valence-corrected chi connectivity index (χ4v) is 5.99. The van der Waals surface area contributed by atoms with E-state index in [0.29, 0.717) is 29.8 Å². The average Bonchev–Trinajstić information content (AvgIpc) is 3.72. The van der Waals surface area contributed by atoms with Gasteiger partial charge in [0.2, 0.25) is 5.82 Å². The lowest BCUT2D eigenvalue weighted by molar-refractivity contribution is -0.137. The van der Waals surface area contributed by atoms with Crippen LogP contribution in [0.1, 0.15) is 72.9 Å². The molecule has 0 aliphatic carbocycles. The summed E-state index contributed by atoms with van der Waals surface area (Å²) in [5, 5.41) is 14.5. The Kier molecular flexibility index (Phi) is 9.23. The van der Waals surface area contributed by atoms with Gasteiger partial charge in [0.25, 0.3) is 5.56 Å². The maximum absolute atomic E-state index is 14.2. The summed E-state index contributed by atoms with van der Waals surface area (Å²) in [7, 11) is 0. The van der Waals surface area contributed by atoms with Crippen molar-refractivity contribution >= 4 is 11.9 Å². The van der Waals surface area contributed by atoms with Crippen molar-refractivity contribution in [3.63, 3.8) is 0 Å². The van der Waals surface area contributed by atoms with Crippen LogP contribution in [0.4, 0.5) is 0 Å². The molecule has 0 bridgehead atoms. The van der Waals surface area contributed by atoms with Crippen molar-refractivity contribution in [1.29, 1.82) is 0 Å². The minimum absolute atomic E-state index is 0.125. The SMILES string of the molecule is CCCCc1c(Cc2ccc(-c3ccccc3-c3nn[nH]n3)cc2)c(=O)n2n1C(C)C=CC2C(=O)Oc1ccc(C(=O)OCC)cc1. The topological polar surface area (TPSA) is 134 Å². The molecule has 1 aliphatic rings. The molecule has 2 atom stereocenters. The van der Waals surface area contributed by atoms with Gasteiger partial charge in [0.05, 0.1) is 18.2 Å². The Bertz CT molecular complexity index is 1960. The Hall–Kier alpha value is -5.58. The van der Waals surface area contributed by atoms with Gasteiger partial charge in [0.15, 0.2) is 6.04 Å². The second-order valence-electron chi connectivity index (χ2n) is 11.4. The lowest BCUT2D eigenvalue weighted by Gasteiger charge is -2.27. The maximum atomic E-state index is 14.2. The van der Waals surface area contributed by atoms with E-state index < -0.39 is 18.0 Å². The van der Waals surface area contributed by atoms with E-state index in [-0.39, 0.29) is 24.0 Å². The lowest BCUT2D eigenvalue weighted by Crippen LogP contribution is -2.37. The molecule has 11 heteroatoms. The van der Waals surface area contributed by atoms with Crippen LogP contribution < -0.4 is 10.3 Å². The van der Waals surface area contributed by atoms with Gasteiger partial charge in [-0.3, -0.25) is 9.48 Å². The largest absolute Gasteiger partial charge is 0.462 e. The van der Waals surface area contributed by atoms with Crippen LogP contribution in [0.15, 0.2) is 89.7 Å². The van der Waals surface area contributed by atoms with Crippen molar-refractivity contribution in [3.05, 3.63) is 118 Å². The third-order valence-corrected chi connectivity index (χ3v) is 8.30. The fraction of sp³-hybridized carbons (Fsp3) is 0.278. The molecular weight excluding hydrogens is 596 g/mol. The molecule has 5 aromatic rings. The zero-order chi connectivity index (χ0) is 32.9. The Labute approximate surface area is 271 Å². The summed E-state index contributed by atoms with van der Waals surface area (Å²) in [4.78, 5) is 39.7. The van der Waals surface area contributed by atoms with E-state index in [1.54, 1.807) is 37.3 Å². The number of carbonyl (C=O) groups is 2. The van der Waals surface area contributed by atoms with Gasteiger partial charge in [-0.1, -0.05) is 74.0 Å². The second-order valence-corrected chi connectivity index (χ2v) is 11.4. The van der Waals surface area contributed by atoms with Gasteiger partial charge in [-0.25, -0.2) is 14.3 Å². The molecule has 0 fully saturated rings. The van der Waals surface area contributed by atoms with Crippen LogP contribution in [0.25, 0.3) is 22.5 Å². The van der Waals surface area contributed by atoms with Crippen LogP contribution in [-0.2, 0) is 22.4 Å². The summed E-state index contributed by atoms with van der Waals surface area (Å²) in [6.45, 7) is 6.13. The summed E-state index contributed by atoms with van der Waals surface area (Å²) in [6, 6.07) is 21.1. The van der Waals surface area contributed by atoms with E-state index in [4.69, 9.17) is 9.47 Å². The predicted octanol–water partition coefficient (Wildman–Crippen LogP) is 5.88. The molecular formula is C36H36N6O5. The van der Waals surface area contributed by atoms with Crippen LogP contribution in [-0.4, -0.2) is 48.5 Å². The van der Waals surface area contributed by atoms with E-state index in [9.17, 15) is 14.4 Å². The van der Waals surface area contributed by atoms with Gasteiger partial charge in [0, 0.05) is 23.2 Å². The quantitative estimate of drug-likeness (QED) is 0.108. The number of aromatic nitrogens is 6. The van der Waals surface area contributed by atoms with Crippen molar-refractivity contribution < 1.29 is 19.1 Å². The van der Waals surface area contributed by atoms with Crippen LogP contribution in [0.3, 0.4) is 0 Å². The number of aromatic amines is 1. The van der Waals surface area contributed by atoms with Gasteiger partial charge in [-0.15, -0.1) is 10.2 Å². The highest BCUT2D eigenvalue weighted by atomic mass is 16.5. The number of fused-ring (bicyclic) bond motifs is 1. The Balaban J connectivity index is 1.29. The first-order chi connectivity index (χ1) is 22.9. The number of rotatable bonds is 11. The van der Waals surface area contributed by atoms with E-state index in [1.165, 1.54) is 4.68 Å². The number of esters is 2.